The Morgan fingerprint density at radius 1 is 1.06 bits per heavy atom. The molecule has 0 aromatic heterocycles. The number of hydrogen-bond acceptors (Lipinski definition) is 5. The lowest BCUT2D eigenvalue weighted by Gasteiger charge is -2.30. The van der Waals surface area contributed by atoms with Gasteiger partial charge in [0.15, 0.2) is 5.76 Å². The van der Waals surface area contributed by atoms with Crippen molar-refractivity contribution in [1.82, 2.24) is 4.90 Å². The van der Waals surface area contributed by atoms with Gasteiger partial charge in [-0.1, -0.05) is 48.0 Å². The number of carbonyl (C=O) groups is 1. The number of hydrogen-bond donors (Lipinski definition) is 0. The molecule has 0 N–H and O–H groups in total. The van der Waals surface area contributed by atoms with Crippen LogP contribution < -0.4 is 14.2 Å². The fourth-order valence-electron chi connectivity index (χ4n) is 3.99. The van der Waals surface area contributed by atoms with Gasteiger partial charge in [-0.3, -0.25) is 9.69 Å². The molecule has 0 spiro atoms. The highest BCUT2D eigenvalue weighted by molar-refractivity contribution is 6.15. The number of aryl methyl sites for hydroxylation is 1. The number of methoxy groups -OCH3 is 1. The number of carbonyl (C=O) groups excluding carboxylic acids is 1. The lowest BCUT2D eigenvalue weighted by molar-refractivity contribution is 0.0865. The minimum absolute atomic E-state index is 0.0970. The summed E-state index contributed by atoms with van der Waals surface area (Å²) in [5.41, 5.74) is 4.68. The van der Waals surface area contributed by atoms with Gasteiger partial charge in [0.25, 0.3) is 0 Å². The summed E-state index contributed by atoms with van der Waals surface area (Å²) >= 11 is 0. The topological polar surface area (TPSA) is 48.0 Å². The number of allylic oxidation sites excluding steroid dienone is 1. The van der Waals surface area contributed by atoms with Gasteiger partial charge in [0.2, 0.25) is 5.78 Å². The summed E-state index contributed by atoms with van der Waals surface area (Å²) in [7, 11) is 1.68. The molecule has 2 aliphatic rings. The zero-order valence-electron chi connectivity index (χ0n) is 17.6. The minimum Gasteiger partial charge on any atom is -0.496 e. The van der Waals surface area contributed by atoms with E-state index in [-0.39, 0.29) is 5.78 Å². The third-order valence-electron chi connectivity index (χ3n) is 5.64. The molecule has 31 heavy (non-hydrogen) atoms. The van der Waals surface area contributed by atoms with Crippen molar-refractivity contribution in [2.75, 3.05) is 13.8 Å². The van der Waals surface area contributed by atoms with Gasteiger partial charge in [-0.25, -0.2) is 0 Å². The molecule has 0 radical (unpaired) electrons. The first kappa shape index (κ1) is 19.4. The zero-order valence-corrected chi connectivity index (χ0v) is 17.6. The molecule has 3 aromatic carbocycles. The van der Waals surface area contributed by atoms with Gasteiger partial charge >= 0.3 is 0 Å². The molecule has 5 nitrogen and oxygen atoms in total. The van der Waals surface area contributed by atoms with Gasteiger partial charge < -0.3 is 14.2 Å². The fourth-order valence-corrected chi connectivity index (χ4v) is 3.99. The molecule has 0 bridgehead atoms. The van der Waals surface area contributed by atoms with Crippen molar-refractivity contribution >= 4 is 11.9 Å². The zero-order chi connectivity index (χ0) is 21.4. The van der Waals surface area contributed by atoms with Gasteiger partial charge in [-0.15, -0.1) is 0 Å². The predicted octanol–water partition coefficient (Wildman–Crippen LogP) is 4.97. The molecule has 0 unspecified atom stereocenters. The van der Waals surface area contributed by atoms with Crippen LogP contribution in [0.1, 0.15) is 32.6 Å². The van der Waals surface area contributed by atoms with Crippen molar-refractivity contribution in [3.63, 3.8) is 0 Å². The molecule has 0 saturated heterocycles. The van der Waals surface area contributed by atoms with E-state index in [0.29, 0.717) is 36.9 Å². The average Bonchev–Trinajstić information content (AvgIpc) is 3.11. The molecule has 5 heteroatoms. The van der Waals surface area contributed by atoms with Crippen molar-refractivity contribution in [2.45, 2.75) is 20.0 Å². The lowest BCUT2D eigenvalue weighted by atomic mass is 10.0. The summed E-state index contributed by atoms with van der Waals surface area (Å²) in [6.45, 7) is 3.80. The van der Waals surface area contributed by atoms with Gasteiger partial charge in [0.1, 0.15) is 24.0 Å². The fraction of sp³-hybridized carbons (Fsp3) is 0.192. The maximum Gasteiger partial charge on any atom is 0.231 e. The largest absolute Gasteiger partial charge is 0.496 e. The van der Waals surface area contributed by atoms with Gasteiger partial charge in [-0.05, 0) is 36.8 Å². The highest BCUT2D eigenvalue weighted by Crippen LogP contribution is 2.42. The van der Waals surface area contributed by atoms with Crippen LogP contribution in [0.2, 0.25) is 0 Å². The monoisotopic (exact) mass is 413 g/mol. The number of fused-ring (bicyclic) bond motifs is 3. The summed E-state index contributed by atoms with van der Waals surface area (Å²) in [5, 5.41) is 0. The molecular weight excluding hydrogens is 390 g/mol. The average molecular weight is 413 g/mol. The molecule has 0 fully saturated rings. The lowest BCUT2D eigenvalue weighted by Crippen LogP contribution is -2.31. The van der Waals surface area contributed by atoms with E-state index in [0.717, 1.165) is 28.2 Å². The number of nitrogens with zero attached hydrogens (tertiary/aromatic N) is 1. The maximum atomic E-state index is 12.9. The molecule has 156 valence electrons. The van der Waals surface area contributed by atoms with Crippen LogP contribution in [-0.4, -0.2) is 24.5 Å². The molecule has 5 rings (SSSR count). The van der Waals surface area contributed by atoms with E-state index >= 15 is 0 Å². The Balaban J connectivity index is 1.42. The number of benzene rings is 3. The third kappa shape index (κ3) is 3.68. The van der Waals surface area contributed by atoms with Gasteiger partial charge in [0.05, 0.1) is 18.2 Å². The summed E-state index contributed by atoms with van der Waals surface area (Å²) in [6.07, 6.45) is 1.80. The Morgan fingerprint density at radius 2 is 1.87 bits per heavy atom. The Bertz CT molecular complexity index is 1180. The standard InChI is InChI=1S/C26H23NO4/c1-17-7-9-18(10-8-17)13-24-25(28)20-11-12-23-21(26(20)31-24)15-27(16-30-23)14-19-5-3-4-6-22(19)29-2/h3-13H,14-16H2,1-2H3/b24-13-. The quantitative estimate of drug-likeness (QED) is 0.565. The first-order valence-electron chi connectivity index (χ1n) is 10.3. The predicted molar refractivity (Wildman–Crippen MR) is 118 cm³/mol. The second-order valence-electron chi connectivity index (χ2n) is 7.84. The molecule has 2 heterocycles. The van der Waals surface area contributed by atoms with Crippen LogP contribution in [0, 0.1) is 6.92 Å². The molecule has 0 atom stereocenters. The van der Waals surface area contributed by atoms with Crippen molar-refractivity contribution in [1.29, 1.82) is 0 Å². The number of ketones is 1. The third-order valence-corrected chi connectivity index (χ3v) is 5.64. The number of Topliss-reactive ketones (excluding diaryl/α,β-unsaturated/α-hetero) is 1. The van der Waals surface area contributed by atoms with Crippen LogP contribution in [0.25, 0.3) is 6.08 Å². The van der Waals surface area contributed by atoms with E-state index in [1.165, 1.54) is 5.56 Å². The molecule has 0 saturated carbocycles. The van der Waals surface area contributed by atoms with Crippen LogP contribution >= 0.6 is 0 Å². The molecular formula is C26H23NO4. The summed E-state index contributed by atoms with van der Waals surface area (Å²) in [5.74, 6) is 2.46. The van der Waals surface area contributed by atoms with E-state index < -0.39 is 0 Å². The highest BCUT2D eigenvalue weighted by atomic mass is 16.5. The normalized spacial score (nSPS) is 16.5. The number of ether oxygens (including phenoxy) is 3. The summed E-state index contributed by atoms with van der Waals surface area (Å²) in [6, 6.07) is 19.6. The van der Waals surface area contributed by atoms with Crippen molar-refractivity contribution in [3.8, 4) is 17.2 Å². The molecule has 0 aliphatic carbocycles. The van der Waals surface area contributed by atoms with E-state index in [4.69, 9.17) is 14.2 Å². The first-order chi connectivity index (χ1) is 15.1. The molecule has 2 aliphatic heterocycles. The van der Waals surface area contributed by atoms with E-state index in [1.54, 1.807) is 19.3 Å². The smallest absolute Gasteiger partial charge is 0.231 e. The van der Waals surface area contributed by atoms with E-state index in [2.05, 4.69) is 4.90 Å². The van der Waals surface area contributed by atoms with Crippen LogP contribution in [-0.2, 0) is 13.1 Å². The Morgan fingerprint density at radius 3 is 2.68 bits per heavy atom. The van der Waals surface area contributed by atoms with Crippen LogP contribution in [0.4, 0.5) is 0 Å². The minimum atomic E-state index is -0.0970. The van der Waals surface area contributed by atoms with Crippen molar-refractivity contribution < 1.29 is 19.0 Å². The van der Waals surface area contributed by atoms with Crippen LogP contribution in [0.5, 0.6) is 17.2 Å². The van der Waals surface area contributed by atoms with Gasteiger partial charge in [0, 0.05) is 18.7 Å². The Labute approximate surface area is 181 Å². The Kier molecular flexibility index (Phi) is 4.96. The second kappa shape index (κ2) is 7.93. The van der Waals surface area contributed by atoms with Crippen molar-refractivity contribution in [2.24, 2.45) is 0 Å². The number of rotatable bonds is 4. The molecule has 3 aromatic rings. The van der Waals surface area contributed by atoms with E-state index in [1.807, 2.05) is 61.5 Å². The maximum absolute atomic E-state index is 12.9. The van der Waals surface area contributed by atoms with Crippen LogP contribution in [0.15, 0.2) is 66.4 Å². The second-order valence-corrected chi connectivity index (χ2v) is 7.84. The van der Waals surface area contributed by atoms with Gasteiger partial charge in [-0.2, -0.15) is 0 Å². The highest BCUT2D eigenvalue weighted by Gasteiger charge is 2.33. The number of para-hydroxylation sites is 1. The summed E-state index contributed by atoms with van der Waals surface area (Å²) < 4.78 is 17.5. The Hall–Kier alpha value is -3.57. The molecule has 0 amide bonds. The SMILES string of the molecule is COc1ccccc1CN1COc2ccc3c(c2C1)O/C(=C\c1ccc(C)cc1)C3=O. The van der Waals surface area contributed by atoms with Crippen LogP contribution in [0.3, 0.4) is 0 Å². The first-order valence-corrected chi connectivity index (χ1v) is 10.3. The van der Waals surface area contributed by atoms with Crippen molar-refractivity contribution in [3.05, 3.63) is 94.2 Å². The summed E-state index contributed by atoms with van der Waals surface area (Å²) in [4.78, 5) is 15.1. The van der Waals surface area contributed by atoms with E-state index in [9.17, 15) is 4.79 Å².